The molecule has 29 heavy (non-hydrogen) atoms. The molecule has 0 aromatic heterocycles. The number of benzene rings is 1. The highest BCUT2D eigenvalue weighted by molar-refractivity contribution is 6.03. The number of anilines is 2. The molecule has 154 valence electrons. The number of hydrogen-bond acceptors (Lipinski definition) is 8. The molecule has 0 radical (unpaired) electrons. The Morgan fingerprint density at radius 2 is 2.00 bits per heavy atom. The maximum atomic E-state index is 12.4. The third-order valence-corrected chi connectivity index (χ3v) is 5.24. The molecule has 0 spiro atoms. The molecule has 1 fully saturated rings. The number of methoxy groups -OCH3 is 2. The van der Waals surface area contributed by atoms with Crippen LogP contribution in [-0.4, -0.2) is 52.6 Å². The Morgan fingerprint density at radius 3 is 2.66 bits per heavy atom. The monoisotopic (exact) mass is 399 g/mol. The van der Waals surface area contributed by atoms with Crippen molar-refractivity contribution in [2.24, 2.45) is 5.92 Å². The van der Waals surface area contributed by atoms with Crippen molar-refractivity contribution in [1.82, 2.24) is 0 Å². The van der Waals surface area contributed by atoms with Gasteiger partial charge in [-0.25, -0.2) is 9.59 Å². The van der Waals surface area contributed by atoms with E-state index in [1.807, 2.05) is 12.1 Å². The van der Waals surface area contributed by atoms with Gasteiger partial charge < -0.3 is 24.0 Å². The van der Waals surface area contributed by atoms with Crippen molar-refractivity contribution in [3.8, 4) is 6.07 Å². The number of piperidine rings is 1. The predicted octanol–water partition coefficient (Wildman–Crippen LogP) is 2.19. The average molecular weight is 399 g/mol. The quantitative estimate of drug-likeness (QED) is 0.712. The van der Waals surface area contributed by atoms with Crippen LogP contribution in [0.2, 0.25) is 0 Å². The summed E-state index contributed by atoms with van der Waals surface area (Å²) in [5, 5.41) is 9.73. The molecule has 1 aromatic rings. The minimum Gasteiger partial charge on any atom is -0.466 e. The SMILES string of the molecule is COC(=O)C1=C(C(=O)OC)N(c2ccc(N3CCCC(C)C3)c(C#N)c2)COC1. The Morgan fingerprint density at radius 1 is 1.24 bits per heavy atom. The van der Waals surface area contributed by atoms with Gasteiger partial charge in [0.1, 0.15) is 18.5 Å². The first-order valence-corrected chi connectivity index (χ1v) is 9.54. The third-order valence-electron chi connectivity index (χ3n) is 5.24. The highest BCUT2D eigenvalue weighted by Crippen LogP contribution is 2.32. The second-order valence-electron chi connectivity index (χ2n) is 7.22. The summed E-state index contributed by atoms with van der Waals surface area (Å²) in [7, 11) is 2.49. The van der Waals surface area contributed by atoms with E-state index in [4.69, 9.17) is 14.2 Å². The average Bonchev–Trinajstić information content (AvgIpc) is 2.76. The molecule has 0 aliphatic carbocycles. The highest BCUT2D eigenvalue weighted by Gasteiger charge is 2.33. The van der Waals surface area contributed by atoms with Crippen LogP contribution in [0.3, 0.4) is 0 Å². The van der Waals surface area contributed by atoms with E-state index < -0.39 is 11.9 Å². The van der Waals surface area contributed by atoms with Crippen LogP contribution < -0.4 is 9.80 Å². The molecule has 8 heteroatoms. The first kappa shape index (κ1) is 20.7. The maximum Gasteiger partial charge on any atom is 0.355 e. The summed E-state index contributed by atoms with van der Waals surface area (Å²) in [6, 6.07) is 7.67. The second kappa shape index (κ2) is 8.97. The number of carbonyl (C=O) groups is 2. The fraction of sp³-hybridized carbons (Fsp3) is 0.476. The first-order chi connectivity index (χ1) is 14.0. The van der Waals surface area contributed by atoms with Gasteiger partial charge in [-0.15, -0.1) is 0 Å². The van der Waals surface area contributed by atoms with Gasteiger partial charge in [0.2, 0.25) is 0 Å². The minimum absolute atomic E-state index is 0.0515. The smallest absolute Gasteiger partial charge is 0.355 e. The van der Waals surface area contributed by atoms with Crippen LogP contribution in [0, 0.1) is 17.2 Å². The van der Waals surface area contributed by atoms with Crippen molar-refractivity contribution < 1.29 is 23.8 Å². The zero-order valence-corrected chi connectivity index (χ0v) is 16.9. The topological polar surface area (TPSA) is 92.1 Å². The lowest BCUT2D eigenvalue weighted by molar-refractivity contribution is -0.140. The molecule has 1 aromatic carbocycles. The van der Waals surface area contributed by atoms with Gasteiger partial charge in [-0.05, 0) is 37.0 Å². The van der Waals surface area contributed by atoms with Crippen LogP contribution in [0.25, 0.3) is 0 Å². The van der Waals surface area contributed by atoms with Crippen molar-refractivity contribution in [2.75, 3.05) is 50.4 Å². The highest BCUT2D eigenvalue weighted by atomic mass is 16.5. The van der Waals surface area contributed by atoms with E-state index in [0.29, 0.717) is 17.2 Å². The molecule has 1 atom stereocenters. The summed E-state index contributed by atoms with van der Waals surface area (Å²) in [6.45, 7) is 4.02. The van der Waals surface area contributed by atoms with Gasteiger partial charge in [0, 0.05) is 18.8 Å². The summed E-state index contributed by atoms with van der Waals surface area (Å²) in [6.07, 6.45) is 2.27. The molecule has 0 bridgehead atoms. The zero-order valence-electron chi connectivity index (χ0n) is 16.9. The molecule has 2 aliphatic heterocycles. The van der Waals surface area contributed by atoms with Crippen LogP contribution >= 0.6 is 0 Å². The van der Waals surface area contributed by atoms with Gasteiger partial charge in [-0.3, -0.25) is 0 Å². The Labute approximate surface area is 170 Å². The molecule has 0 N–H and O–H groups in total. The standard InChI is InChI=1S/C21H25N3O5/c1-14-5-4-8-23(11-14)18-7-6-16(9-15(18)10-22)24-13-29-12-17(20(25)27-2)19(24)21(26)28-3/h6-7,9,14H,4-5,8,11-13H2,1-3H3. The lowest BCUT2D eigenvalue weighted by atomic mass is 9.98. The number of esters is 2. The molecule has 3 rings (SSSR count). The Balaban J connectivity index is 2.01. The molecule has 1 saturated heterocycles. The fourth-order valence-corrected chi connectivity index (χ4v) is 3.81. The number of hydrogen-bond donors (Lipinski definition) is 0. The summed E-state index contributed by atoms with van der Waals surface area (Å²) in [4.78, 5) is 28.3. The second-order valence-corrected chi connectivity index (χ2v) is 7.22. The van der Waals surface area contributed by atoms with Crippen molar-refractivity contribution >= 4 is 23.3 Å². The van der Waals surface area contributed by atoms with Crippen LogP contribution in [-0.2, 0) is 23.8 Å². The van der Waals surface area contributed by atoms with Gasteiger partial charge in [0.15, 0.2) is 0 Å². The molecule has 1 unspecified atom stereocenters. The largest absolute Gasteiger partial charge is 0.466 e. The van der Waals surface area contributed by atoms with Crippen molar-refractivity contribution in [3.05, 3.63) is 35.0 Å². The Hall–Kier alpha value is -3.05. The fourth-order valence-electron chi connectivity index (χ4n) is 3.81. The number of ether oxygens (including phenoxy) is 3. The lowest BCUT2D eigenvalue weighted by Crippen LogP contribution is -2.39. The Bertz CT molecular complexity index is 874. The van der Waals surface area contributed by atoms with Crippen LogP contribution in [0.4, 0.5) is 11.4 Å². The molecule has 8 nitrogen and oxygen atoms in total. The van der Waals surface area contributed by atoms with Crippen LogP contribution in [0.1, 0.15) is 25.3 Å². The summed E-state index contributed by atoms with van der Waals surface area (Å²) in [5.41, 5.74) is 2.09. The molecule has 0 saturated carbocycles. The van der Waals surface area contributed by atoms with Gasteiger partial charge in [-0.1, -0.05) is 6.92 Å². The van der Waals surface area contributed by atoms with E-state index in [9.17, 15) is 14.9 Å². The molecular formula is C21H25N3O5. The van der Waals surface area contributed by atoms with Gasteiger partial charge in [0.05, 0.1) is 37.7 Å². The predicted molar refractivity (Wildman–Crippen MR) is 106 cm³/mol. The van der Waals surface area contributed by atoms with Crippen LogP contribution in [0.15, 0.2) is 29.5 Å². The van der Waals surface area contributed by atoms with E-state index in [0.717, 1.165) is 25.2 Å². The first-order valence-electron chi connectivity index (χ1n) is 9.54. The molecular weight excluding hydrogens is 374 g/mol. The van der Waals surface area contributed by atoms with Gasteiger partial charge in [-0.2, -0.15) is 5.26 Å². The summed E-state index contributed by atoms with van der Waals surface area (Å²) >= 11 is 0. The zero-order chi connectivity index (χ0) is 21.0. The lowest BCUT2D eigenvalue weighted by Gasteiger charge is -2.34. The maximum absolute atomic E-state index is 12.4. The number of nitrogens with zero attached hydrogens (tertiary/aromatic N) is 3. The van der Waals surface area contributed by atoms with Crippen molar-refractivity contribution in [3.63, 3.8) is 0 Å². The third kappa shape index (κ3) is 4.20. The van der Waals surface area contributed by atoms with Crippen molar-refractivity contribution in [1.29, 1.82) is 5.26 Å². The minimum atomic E-state index is -0.666. The van der Waals surface area contributed by atoms with Crippen molar-refractivity contribution in [2.45, 2.75) is 19.8 Å². The normalized spacial score (nSPS) is 19.6. The van der Waals surface area contributed by atoms with E-state index in [2.05, 4.69) is 17.9 Å². The Kier molecular flexibility index (Phi) is 6.39. The van der Waals surface area contributed by atoms with E-state index in [1.165, 1.54) is 25.5 Å². The summed E-state index contributed by atoms with van der Waals surface area (Å²) in [5.74, 6) is -0.752. The van der Waals surface area contributed by atoms with E-state index in [1.54, 1.807) is 6.07 Å². The molecule has 2 aliphatic rings. The number of rotatable bonds is 4. The molecule has 0 amide bonds. The number of carbonyl (C=O) groups excluding carboxylic acids is 2. The number of nitriles is 1. The molecule has 2 heterocycles. The van der Waals surface area contributed by atoms with E-state index in [-0.39, 0.29) is 24.6 Å². The van der Waals surface area contributed by atoms with Gasteiger partial charge in [0.25, 0.3) is 0 Å². The summed E-state index contributed by atoms with van der Waals surface area (Å²) < 4.78 is 15.2. The van der Waals surface area contributed by atoms with E-state index >= 15 is 0 Å². The van der Waals surface area contributed by atoms with Gasteiger partial charge >= 0.3 is 11.9 Å². The van der Waals surface area contributed by atoms with Crippen LogP contribution in [0.5, 0.6) is 0 Å².